The molecule has 0 heterocycles. The van der Waals surface area contributed by atoms with Gasteiger partial charge in [0.2, 0.25) is 0 Å². The number of hydrogen-bond donors (Lipinski definition) is 1. The molecule has 1 aromatic rings. The second-order valence-corrected chi connectivity index (χ2v) is 4.95. The van der Waals surface area contributed by atoms with Crippen LogP contribution in [0.15, 0.2) is 22.7 Å². The van der Waals surface area contributed by atoms with E-state index in [2.05, 4.69) is 20.8 Å². The molecule has 0 aliphatic heterocycles. The average molecular weight is 319 g/mol. The molecule has 0 aliphatic carbocycles. The summed E-state index contributed by atoms with van der Waals surface area (Å²) in [6, 6.07) is 4.65. The Morgan fingerprint density at radius 3 is 2.83 bits per heavy atom. The molecule has 0 aliphatic rings. The highest BCUT2D eigenvalue weighted by molar-refractivity contribution is 9.10. The highest BCUT2D eigenvalue weighted by atomic mass is 79.9. The van der Waals surface area contributed by atoms with Gasteiger partial charge in [0.1, 0.15) is 5.82 Å². The van der Waals surface area contributed by atoms with Crippen molar-refractivity contribution in [2.24, 2.45) is 5.73 Å². The van der Waals surface area contributed by atoms with Crippen molar-refractivity contribution in [3.8, 4) is 0 Å². The summed E-state index contributed by atoms with van der Waals surface area (Å²) in [6.45, 7) is 4.51. The molecule has 1 unspecified atom stereocenters. The van der Waals surface area contributed by atoms with Gasteiger partial charge in [-0.15, -0.1) is 0 Å². The van der Waals surface area contributed by atoms with Crippen molar-refractivity contribution in [3.05, 3.63) is 34.1 Å². The number of rotatable bonds is 7. The van der Waals surface area contributed by atoms with Gasteiger partial charge in [-0.3, -0.25) is 4.90 Å². The van der Waals surface area contributed by atoms with Gasteiger partial charge in [-0.25, -0.2) is 4.39 Å². The first kappa shape index (κ1) is 15.6. The molecule has 1 aromatic carbocycles. The van der Waals surface area contributed by atoms with E-state index in [-0.39, 0.29) is 11.9 Å². The molecule has 1 rings (SSSR count). The van der Waals surface area contributed by atoms with Gasteiger partial charge < -0.3 is 10.5 Å². The normalized spacial score (nSPS) is 13.0. The van der Waals surface area contributed by atoms with E-state index in [1.165, 1.54) is 12.1 Å². The minimum atomic E-state index is -0.246. The van der Waals surface area contributed by atoms with Crippen LogP contribution in [0, 0.1) is 5.82 Å². The molecule has 18 heavy (non-hydrogen) atoms. The van der Waals surface area contributed by atoms with E-state index in [9.17, 15) is 4.39 Å². The molecule has 5 heteroatoms. The zero-order chi connectivity index (χ0) is 13.5. The van der Waals surface area contributed by atoms with E-state index in [0.29, 0.717) is 19.8 Å². The lowest BCUT2D eigenvalue weighted by atomic mass is 10.1. The molecule has 0 radical (unpaired) electrons. The molecule has 1 atom stereocenters. The number of halogens is 2. The van der Waals surface area contributed by atoms with Crippen molar-refractivity contribution >= 4 is 15.9 Å². The minimum absolute atomic E-state index is 0.0180. The van der Waals surface area contributed by atoms with Crippen molar-refractivity contribution < 1.29 is 9.13 Å². The molecule has 102 valence electrons. The smallest absolute Gasteiger partial charge is 0.123 e. The largest absolute Gasteiger partial charge is 0.380 e. The third-order valence-corrected chi connectivity index (χ3v) is 3.59. The number of benzene rings is 1. The van der Waals surface area contributed by atoms with Gasteiger partial charge in [0.25, 0.3) is 0 Å². The van der Waals surface area contributed by atoms with Crippen LogP contribution in [-0.4, -0.2) is 38.3 Å². The zero-order valence-corrected chi connectivity index (χ0v) is 12.4. The number of nitrogens with zero attached hydrogens (tertiary/aromatic N) is 1. The maximum Gasteiger partial charge on any atom is 0.123 e. The fourth-order valence-electron chi connectivity index (χ4n) is 1.82. The average Bonchev–Trinajstić information content (AvgIpc) is 2.35. The molecule has 0 spiro atoms. The SMILES string of the molecule is CCOCCN(C)C(CN)c1cc(F)ccc1Br. The van der Waals surface area contributed by atoms with Crippen molar-refractivity contribution in [3.63, 3.8) is 0 Å². The Balaban J connectivity index is 2.78. The maximum atomic E-state index is 13.3. The highest BCUT2D eigenvalue weighted by Gasteiger charge is 2.18. The van der Waals surface area contributed by atoms with Crippen LogP contribution in [0.4, 0.5) is 4.39 Å². The summed E-state index contributed by atoms with van der Waals surface area (Å²) < 4.78 is 19.5. The van der Waals surface area contributed by atoms with Gasteiger partial charge in [0.05, 0.1) is 6.61 Å². The van der Waals surface area contributed by atoms with E-state index in [1.807, 2.05) is 14.0 Å². The molecule has 0 amide bonds. The molecular formula is C13H20BrFN2O. The van der Waals surface area contributed by atoms with E-state index in [0.717, 1.165) is 16.6 Å². The number of likely N-dealkylation sites (N-methyl/N-ethyl adjacent to an activating group) is 1. The Labute approximate surface area is 116 Å². The monoisotopic (exact) mass is 318 g/mol. The molecular weight excluding hydrogens is 299 g/mol. The second-order valence-electron chi connectivity index (χ2n) is 4.09. The summed E-state index contributed by atoms with van der Waals surface area (Å²) in [5, 5.41) is 0. The molecule has 0 saturated carbocycles. The molecule has 3 nitrogen and oxygen atoms in total. The van der Waals surface area contributed by atoms with Crippen LogP contribution in [0.25, 0.3) is 0 Å². The van der Waals surface area contributed by atoms with Gasteiger partial charge in [-0.1, -0.05) is 15.9 Å². The van der Waals surface area contributed by atoms with Crippen LogP contribution in [0.1, 0.15) is 18.5 Å². The molecule has 0 aromatic heterocycles. The maximum absolute atomic E-state index is 13.3. The molecule has 0 fully saturated rings. The third kappa shape index (κ3) is 4.31. The summed E-state index contributed by atoms with van der Waals surface area (Å²) in [4.78, 5) is 2.08. The Hall–Kier alpha value is -0.490. The van der Waals surface area contributed by atoms with Crippen LogP contribution < -0.4 is 5.73 Å². The lowest BCUT2D eigenvalue weighted by Gasteiger charge is -2.28. The molecule has 0 saturated heterocycles. The van der Waals surface area contributed by atoms with Crippen LogP contribution >= 0.6 is 15.9 Å². The topological polar surface area (TPSA) is 38.5 Å². The van der Waals surface area contributed by atoms with E-state index < -0.39 is 0 Å². The Kier molecular flexibility index (Phi) is 6.78. The van der Waals surface area contributed by atoms with Crippen molar-refractivity contribution in [2.75, 3.05) is 33.4 Å². The standard InChI is InChI=1S/C13H20BrFN2O/c1-3-18-7-6-17(2)13(9-16)11-8-10(15)4-5-12(11)14/h4-5,8,13H,3,6-7,9,16H2,1-2H3. The fourth-order valence-corrected chi connectivity index (χ4v) is 2.33. The second kappa shape index (κ2) is 7.84. The summed E-state index contributed by atoms with van der Waals surface area (Å²) in [5.74, 6) is -0.246. The van der Waals surface area contributed by atoms with E-state index in [4.69, 9.17) is 10.5 Å². The van der Waals surface area contributed by atoms with Gasteiger partial charge >= 0.3 is 0 Å². The lowest BCUT2D eigenvalue weighted by Crippen LogP contribution is -2.33. The Morgan fingerprint density at radius 1 is 1.50 bits per heavy atom. The first-order valence-electron chi connectivity index (χ1n) is 6.03. The summed E-state index contributed by atoms with van der Waals surface area (Å²) in [7, 11) is 1.97. The van der Waals surface area contributed by atoms with Gasteiger partial charge in [0, 0.05) is 30.2 Å². The van der Waals surface area contributed by atoms with Crippen LogP contribution in [0.2, 0.25) is 0 Å². The van der Waals surface area contributed by atoms with Crippen LogP contribution in [-0.2, 0) is 4.74 Å². The molecule has 0 bridgehead atoms. The van der Waals surface area contributed by atoms with Crippen LogP contribution in [0.5, 0.6) is 0 Å². The lowest BCUT2D eigenvalue weighted by molar-refractivity contribution is 0.108. The van der Waals surface area contributed by atoms with Gasteiger partial charge in [0.15, 0.2) is 0 Å². The van der Waals surface area contributed by atoms with E-state index >= 15 is 0 Å². The summed E-state index contributed by atoms with van der Waals surface area (Å²) in [6.07, 6.45) is 0. The Morgan fingerprint density at radius 2 is 2.22 bits per heavy atom. The number of nitrogens with two attached hydrogens (primary N) is 1. The highest BCUT2D eigenvalue weighted by Crippen LogP contribution is 2.27. The third-order valence-electron chi connectivity index (χ3n) is 2.86. The predicted octanol–water partition coefficient (Wildman–Crippen LogP) is 2.56. The summed E-state index contributed by atoms with van der Waals surface area (Å²) >= 11 is 3.44. The Bertz CT molecular complexity index is 376. The van der Waals surface area contributed by atoms with Crippen molar-refractivity contribution in [1.82, 2.24) is 4.90 Å². The van der Waals surface area contributed by atoms with Gasteiger partial charge in [-0.05, 0) is 37.7 Å². The van der Waals surface area contributed by atoms with Crippen molar-refractivity contribution in [2.45, 2.75) is 13.0 Å². The quantitative estimate of drug-likeness (QED) is 0.785. The van der Waals surface area contributed by atoms with Crippen molar-refractivity contribution in [1.29, 1.82) is 0 Å². The fraction of sp³-hybridized carbons (Fsp3) is 0.538. The predicted molar refractivity (Wildman–Crippen MR) is 75.0 cm³/mol. The zero-order valence-electron chi connectivity index (χ0n) is 10.8. The number of hydrogen-bond acceptors (Lipinski definition) is 3. The first-order valence-corrected chi connectivity index (χ1v) is 6.82. The summed E-state index contributed by atoms with van der Waals surface area (Å²) in [5.41, 5.74) is 6.67. The molecule has 2 N–H and O–H groups in total. The number of ether oxygens (including phenoxy) is 1. The van der Waals surface area contributed by atoms with E-state index in [1.54, 1.807) is 6.07 Å². The first-order chi connectivity index (χ1) is 8.60. The minimum Gasteiger partial charge on any atom is -0.380 e. The van der Waals surface area contributed by atoms with Crippen LogP contribution in [0.3, 0.4) is 0 Å². The van der Waals surface area contributed by atoms with Gasteiger partial charge in [-0.2, -0.15) is 0 Å².